The lowest BCUT2D eigenvalue weighted by Crippen LogP contribution is -2.03. The SMILES string of the molecule is Brc1ccc2c3ccccc3n(-c3cccc(-c4cc(-c5ccccc5)nc(-c5ccccc5)n4)c3)c2c1.Brc1ccc2c3ccccc3n(-c3cccc(-c4cc(-c5ccccn5)nc(-c5ccccn5)c4)c3)c2c1.Brc1ccc2c3ccccc3n(-c3cccc(-c4nc(-c5ccccc5)nc(-c5ccccc5)n4)c3)c2c1.Brc1ccc2c3ccccc3n(-c3nc(-c4ccccc4)c4ccccc4n3)c2c1. The summed E-state index contributed by atoms with van der Waals surface area (Å²) in [6.45, 7) is 0. The minimum Gasteiger partial charge on any atom is -0.309 e. The van der Waals surface area contributed by atoms with Crippen molar-refractivity contribution in [3.63, 3.8) is 0 Å². The summed E-state index contributed by atoms with van der Waals surface area (Å²) < 4.78 is 13.3. The molecule has 0 N–H and O–H groups in total. The summed E-state index contributed by atoms with van der Waals surface area (Å²) in [6.07, 6.45) is 3.59. The molecule has 18 heteroatoms. The quantitative estimate of drug-likeness (QED) is 0.103. The molecule has 0 amide bonds. The topological polar surface area (TPSA) is 149 Å². The van der Waals surface area contributed by atoms with Gasteiger partial charge < -0.3 is 13.7 Å². The van der Waals surface area contributed by atoms with Gasteiger partial charge in [0.05, 0.1) is 89.5 Å². The number of rotatable bonds is 14. The lowest BCUT2D eigenvalue weighted by molar-refractivity contribution is 1.01. The van der Waals surface area contributed by atoms with Crippen LogP contribution in [0.1, 0.15) is 0 Å². The van der Waals surface area contributed by atoms with Crippen LogP contribution < -0.4 is 0 Å². The van der Waals surface area contributed by atoms with Gasteiger partial charge in [-0.25, -0.2) is 39.9 Å². The second-order valence-electron chi connectivity index (χ2n) is 34.8. The molecule has 0 saturated heterocycles. The van der Waals surface area contributed by atoms with Crippen molar-refractivity contribution < 1.29 is 0 Å². The third kappa shape index (κ3) is 17.8. The van der Waals surface area contributed by atoms with Gasteiger partial charge in [-0.1, -0.05) is 379 Å². The van der Waals surface area contributed by atoms with Gasteiger partial charge in [-0.15, -0.1) is 0 Å². The van der Waals surface area contributed by atoms with Gasteiger partial charge in [-0.2, -0.15) is 0 Å². The van der Waals surface area contributed by atoms with E-state index in [0.717, 1.165) is 169 Å². The number of pyridine rings is 3. The van der Waals surface area contributed by atoms with Gasteiger partial charge in [0.1, 0.15) is 0 Å². The van der Waals surface area contributed by atoms with E-state index in [1.807, 2.05) is 164 Å². The van der Waals surface area contributed by atoms with Gasteiger partial charge in [0, 0.05) is 135 Å². The molecule has 27 rings (SSSR count). The molecule has 0 aliphatic heterocycles. The minimum absolute atomic E-state index is 0.640. The fraction of sp³-hybridized carbons (Fsp3) is 0. The number of benzene rings is 17. The zero-order chi connectivity index (χ0) is 96.5. The summed E-state index contributed by atoms with van der Waals surface area (Å²) in [4.78, 5) is 48.8. The predicted octanol–water partition coefficient (Wildman–Crippen LogP) is 34.0. The summed E-state index contributed by atoms with van der Waals surface area (Å²) in [5.41, 5.74) is 28.5. The molecule has 0 spiro atoms. The van der Waals surface area contributed by atoms with Gasteiger partial charge in [-0.3, -0.25) is 14.5 Å². The number of nitrogens with zero attached hydrogens (tertiary/aromatic N) is 14. The molecule has 0 unspecified atom stereocenters. The van der Waals surface area contributed by atoms with E-state index in [1.165, 1.54) is 54.1 Å². The van der Waals surface area contributed by atoms with Crippen LogP contribution >= 0.6 is 63.7 Å². The molecule has 0 atom stereocenters. The van der Waals surface area contributed by atoms with Crippen molar-refractivity contribution in [2.24, 2.45) is 0 Å². The van der Waals surface area contributed by atoms with Crippen molar-refractivity contribution in [3.05, 3.63) is 503 Å². The average molecular weight is 2110 g/mol. The highest BCUT2D eigenvalue weighted by molar-refractivity contribution is 9.11. The van der Waals surface area contributed by atoms with Crippen LogP contribution in [0.5, 0.6) is 0 Å². The molecular weight excluding hydrogens is 2030 g/mol. The van der Waals surface area contributed by atoms with E-state index in [2.05, 4.69) is 401 Å². The van der Waals surface area contributed by atoms with Crippen LogP contribution in [0.2, 0.25) is 0 Å². The van der Waals surface area contributed by atoms with Crippen LogP contribution in [-0.2, 0) is 0 Å². The van der Waals surface area contributed by atoms with Crippen molar-refractivity contribution in [1.29, 1.82) is 0 Å². The molecule has 27 aromatic rings. The van der Waals surface area contributed by atoms with E-state index in [4.69, 9.17) is 39.9 Å². The maximum Gasteiger partial charge on any atom is 0.235 e. The minimum atomic E-state index is 0.640. The Morgan fingerprint density at radius 2 is 0.472 bits per heavy atom. The second-order valence-corrected chi connectivity index (χ2v) is 38.4. The predicted molar refractivity (Wildman–Crippen MR) is 604 cm³/mol. The highest BCUT2D eigenvalue weighted by Gasteiger charge is 2.24. The van der Waals surface area contributed by atoms with Crippen LogP contribution in [0.15, 0.2) is 503 Å². The summed E-state index contributed by atoms with van der Waals surface area (Å²) >= 11 is 14.7. The number of halogens is 4. The first-order valence-electron chi connectivity index (χ1n) is 47.1. The highest BCUT2D eigenvalue weighted by Crippen LogP contribution is 2.43. The largest absolute Gasteiger partial charge is 0.309 e. The van der Waals surface area contributed by atoms with E-state index in [1.54, 1.807) is 12.4 Å². The van der Waals surface area contributed by atoms with Crippen LogP contribution in [0, 0.1) is 0 Å². The Hall–Kier alpha value is -17.3. The molecule has 0 bridgehead atoms. The first-order chi connectivity index (χ1) is 71.0. The molecule has 17 aromatic carbocycles. The molecule has 0 aliphatic carbocycles. The van der Waals surface area contributed by atoms with E-state index in [-0.39, 0.29) is 0 Å². The lowest BCUT2D eigenvalue weighted by Gasteiger charge is -2.12. The number of para-hydroxylation sites is 5. The second kappa shape index (κ2) is 39.4. The Kier molecular flexibility index (Phi) is 24.5. The van der Waals surface area contributed by atoms with Gasteiger partial charge in [0.2, 0.25) is 5.95 Å². The summed E-state index contributed by atoms with van der Waals surface area (Å²) in [7, 11) is 0. The monoisotopic (exact) mass is 2100 g/mol. The molecule has 0 aliphatic rings. The molecule has 0 fully saturated rings. The standard InChI is InChI=1S/C34H22BrN3.2C33H21BrN4.C26H16BrN3/c35-26-18-19-29-28-16-7-8-17-32(28)38(33(29)21-26)27-15-9-14-25(20-27)31-22-30(23-10-3-1-4-11-23)36-34(37-31)24-12-5-2-6-13-24;34-25-18-19-28-27-16-7-8-17-29(27)38(30(28)21-25)26-15-9-14-24(20-26)33-36-31(22-10-3-1-4-11-22)35-32(37-33)23-12-5-2-6-13-23;34-24-14-15-27-26-10-1-2-13-32(26)38(33(27)21-24)25-9-7-8-22(18-25)23-19-30(28-11-3-5-16-35-28)37-31(20-23)29-12-4-6-17-36-29;27-18-14-15-20-19-10-5-7-13-23(19)30(24(20)16-18)26-28-22-12-6-4-11-21(22)25(29-26)17-8-2-1-3-9-17/h1-22H;2*1-21H;1-16H. The van der Waals surface area contributed by atoms with Crippen molar-refractivity contribution in [1.82, 2.24) is 68.1 Å². The van der Waals surface area contributed by atoms with Gasteiger partial charge >= 0.3 is 0 Å². The zero-order valence-corrected chi connectivity index (χ0v) is 83.3. The summed E-state index contributed by atoms with van der Waals surface area (Å²) in [5, 5.41) is 10.8. The Balaban J connectivity index is 0.000000104. The van der Waals surface area contributed by atoms with Crippen LogP contribution in [-0.4, -0.2) is 68.1 Å². The molecule has 0 saturated carbocycles. The summed E-state index contributed by atoms with van der Waals surface area (Å²) in [5.74, 6) is 3.34. The van der Waals surface area contributed by atoms with Crippen molar-refractivity contribution in [2.75, 3.05) is 0 Å². The van der Waals surface area contributed by atoms with Gasteiger partial charge in [-0.05, 0) is 169 Å². The lowest BCUT2D eigenvalue weighted by atomic mass is 10.0. The van der Waals surface area contributed by atoms with Crippen molar-refractivity contribution >= 4 is 162 Å². The number of hydrogen-bond acceptors (Lipinski definition) is 10. The third-order valence-electron chi connectivity index (χ3n) is 25.8. The Morgan fingerprint density at radius 1 is 0.160 bits per heavy atom. The van der Waals surface area contributed by atoms with Crippen LogP contribution in [0.4, 0.5) is 0 Å². The maximum absolute atomic E-state index is 5.08. The summed E-state index contributed by atoms with van der Waals surface area (Å²) in [6, 6.07) is 163. The van der Waals surface area contributed by atoms with Crippen molar-refractivity contribution in [2.45, 2.75) is 0 Å². The first-order valence-corrected chi connectivity index (χ1v) is 50.3. The molecule has 144 heavy (non-hydrogen) atoms. The van der Waals surface area contributed by atoms with E-state index in [0.29, 0.717) is 29.2 Å². The Morgan fingerprint density at radius 3 is 0.896 bits per heavy atom. The van der Waals surface area contributed by atoms with E-state index >= 15 is 0 Å². The van der Waals surface area contributed by atoms with Crippen LogP contribution in [0.3, 0.4) is 0 Å². The fourth-order valence-electron chi connectivity index (χ4n) is 19.2. The number of hydrogen-bond donors (Lipinski definition) is 0. The van der Waals surface area contributed by atoms with Crippen molar-refractivity contribution in [3.8, 4) is 136 Å². The highest BCUT2D eigenvalue weighted by atomic mass is 79.9. The Labute approximate surface area is 862 Å². The van der Waals surface area contributed by atoms with E-state index in [9.17, 15) is 0 Å². The first kappa shape index (κ1) is 89.4. The van der Waals surface area contributed by atoms with Crippen LogP contribution in [0.25, 0.3) is 234 Å². The third-order valence-corrected chi connectivity index (χ3v) is 27.8. The molecule has 10 heterocycles. The molecule has 682 valence electrons. The Bertz CT molecular complexity index is 8670. The molecule has 0 radical (unpaired) electrons. The van der Waals surface area contributed by atoms with E-state index < -0.39 is 0 Å². The molecule has 10 aromatic heterocycles. The number of aromatic nitrogens is 14. The maximum atomic E-state index is 5.08. The zero-order valence-electron chi connectivity index (χ0n) is 77.0. The van der Waals surface area contributed by atoms with Gasteiger partial charge in [0.25, 0.3) is 0 Å². The van der Waals surface area contributed by atoms with Gasteiger partial charge in [0.15, 0.2) is 23.3 Å². The molecular formula is C126H80Br4N14. The molecule has 14 nitrogen and oxygen atoms in total. The smallest absolute Gasteiger partial charge is 0.235 e. The fourth-order valence-corrected chi connectivity index (χ4v) is 20.6. The number of fused-ring (bicyclic) bond motifs is 13. The average Bonchev–Trinajstić information content (AvgIpc) is 0.798. The normalized spacial score (nSPS) is 11.3.